The first-order valence-electron chi connectivity index (χ1n) is 9.08. The molecule has 30 heavy (non-hydrogen) atoms. The maximum absolute atomic E-state index is 12.5. The van der Waals surface area contributed by atoms with E-state index in [1.807, 2.05) is 23.8 Å². The van der Waals surface area contributed by atoms with Crippen LogP contribution in [0.4, 0.5) is 0 Å². The zero-order valence-corrected chi connectivity index (χ0v) is 21.4. The van der Waals surface area contributed by atoms with E-state index in [1.165, 1.54) is 39.8 Å². The molecule has 0 bridgehead atoms. The van der Waals surface area contributed by atoms with Gasteiger partial charge in [0.25, 0.3) is 0 Å². The Kier molecular flexibility index (Phi) is 7.35. The Morgan fingerprint density at radius 3 is 2.73 bits per heavy atom. The minimum absolute atomic E-state index is 0. The Morgan fingerprint density at radius 2 is 2.17 bits per heavy atom. The van der Waals surface area contributed by atoms with Crippen molar-refractivity contribution < 1.29 is 54.5 Å². The smallest absolute Gasteiger partial charge is 0.543 e. The predicted octanol–water partition coefficient (Wildman–Crippen LogP) is -2.48. The first-order valence-corrected chi connectivity index (χ1v) is 12.1. The van der Waals surface area contributed by atoms with Crippen molar-refractivity contribution in [1.82, 2.24) is 14.3 Å². The molecule has 1 fully saturated rings. The van der Waals surface area contributed by atoms with Crippen LogP contribution < -0.4 is 34.7 Å². The van der Waals surface area contributed by atoms with Gasteiger partial charge in [-0.05, 0) is 13.2 Å². The molecule has 4 rings (SSSR count). The molecule has 2 aromatic heterocycles. The van der Waals surface area contributed by atoms with Crippen LogP contribution in [-0.2, 0) is 9.59 Å². The van der Waals surface area contributed by atoms with Gasteiger partial charge in [-0.15, -0.1) is 23.1 Å². The van der Waals surface area contributed by atoms with E-state index in [0.717, 1.165) is 19.9 Å². The number of carboxylic acids is 1. The molecule has 8 nitrogen and oxygen atoms in total. The van der Waals surface area contributed by atoms with Crippen LogP contribution >= 0.6 is 34.9 Å². The zero-order valence-electron chi connectivity index (χ0n) is 17.0. The third-order valence-corrected chi connectivity index (χ3v) is 8.26. The van der Waals surface area contributed by atoms with E-state index in [9.17, 15) is 19.8 Å². The zero-order chi connectivity index (χ0) is 21.0. The summed E-state index contributed by atoms with van der Waals surface area (Å²) in [6.45, 7) is 3.47. The standard InChI is InChI=1S/C18H21N3O5S3.Na/c1-7-10(13(17(25)26)21-12(7)11(8(2)23)15(21)24)9-6-20-16(29-9)14(28-5-4-22)19-18(20)27-3;/h6-8,11-12,22-23H,4-5H2,1-3H3,(H,25,26);/q;+1/p-1/t7-,8+,11+,12+;/m0./s1. The van der Waals surface area contributed by atoms with Crippen molar-refractivity contribution in [2.24, 2.45) is 11.8 Å². The molecule has 2 aromatic rings. The van der Waals surface area contributed by atoms with Crippen molar-refractivity contribution >= 4 is 57.1 Å². The van der Waals surface area contributed by atoms with Crippen LogP contribution in [0.2, 0.25) is 0 Å². The van der Waals surface area contributed by atoms with Crippen molar-refractivity contribution in [3.63, 3.8) is 0 Å². The molecule has 12 heteroatoms. The number of thioether (sulfide) groups is 2. The molecule has 0 aliphatic carbocycles. The summed E-state index contributed by atoms with van der Waals surface area (Å²) in [5, 5.41) is 32.6. The summed E-state index contributed by atoms with van der Waals surface area (Å²) in [6.07, 6.45) is 2.92. The van der Waals surface area contributed by atoms with Gasteiger partial charge in [0, 0.05) is 23.4 Å². The molecule has 1 amide bonds. The number of aliphatic carboxylic acids is 1. The van der Waals surface area contributed by atoms with Gasteiger partial charge in [0.15, 0.2) is 5.16 Å². The number of β-lactam (4-membered cyclic amide) rings is 1. The Morgan fingerprint density at radius 1 is 1.47 bits per heavy atom. The van der Waals surface area contributed by atoms with Gasteiger partial charge in [0.2, 0.25) is 5.91 Å². The molecule has 2 aliphatic heterocycles. The molecule has 0 unspecified atom stereocenters. The second kappa shape index (κ2) is 9.14. The Hall–Kier alpha value is -0.530. The average molecular weight is 478 g/mol. The Balaban J connectivity index is 0.00000256. The number of carbonyl (C=O) groups is 2. The van der Waals surface area contributed by atoms with Gasteiger partial charge in [-0.2, -0.15) is 0 Å². The van der Waals surface area contributed by atoms with Gasteiger partial charge in [-0.1, -0.05) is 18.7 Å². The van der Waals surface area contributed by atoms with Gasteiger partial charge in [-0.3, -0.25) is 9.20 Å². The fraction of sp³-hybridized carbons (Fsp3) is 0.500. The van der Waals surface area contributed by atoms with E-state index in [0.29, 0.717) is 11.3 Å². The molecule has 156 valence electrons. The number of nitrogens with zero attached hydrogens (tertiary/aromatic N) is 3. The normalized spacial score (nSPS) is 24.1. The van der Waals surface area contributed by atoms with Crippen LogP contribution in [-0.4, -0.2) is 67.1 Å². The second-order valence-corrected chi connectivity index (χ2v) is 9.94. The first-order chi connectivity index (χ1) is 13.8. The Bertz CT molecular complexity index is 1030. The van der Waals surface area contributed by atoms with Gasteiger partial charge < -0.3 is 25.0 Å². The monoisotopic (exact) mass is 477 g/mol. The van der Waals surface area contributed by atoms with Gasteiger partial charge >= 0.3 is 29.6 Å². The third-order valence-electron chi connectivity index (χ3n) is 5.40. The molecular weight excluding hydrogens is 457 g/mol. The molecule has 2 N–H and O–H groups in total. The minimum atomic E-state index is -1.39. The summed E-state index contributed by atoms with van der Waals surface area (Å²) in [7, 11) is 0. The molecule has 0 radical (unpaired) electrons. The van der Waals surface area contributed by atoms with Gasteiger partial charge in [-0.25, -0.2) is 4.98 Å². The Labute approximate surface area is 208 Å². The number of aliphatic hydroxyl groups excluding tert-OH is 2. The molecule has 0 saturated carbocycles. The van der Waals surface area contributed by atoms with E-state index in [-0.39, 0.29) is 59.7 Å². The van der Waals surface area contributed by atoms with Crippen LogP contribution in [0.1, 0.15) is 18.7 Å². The van der Waals surface area contributed by atoms with Crippen LogP contribution in [0.5, 0.6) is 0 Å². The molecular formula is C18H20N3NaO5S3. The molecule has 4 atom stereocenters. The van der Waals surface area contributed by atoms with Crippen molar-refractivity contribution in [3.05, 3.63) is 16.8 Å². The summed E-state index contributed by atoms with van der Waals surface area (Å²) < 4.78 is 1.92. The number of amides is 1. The number of hydrogen-bond acceptors (Lipinski definition) is 9. The van der Waals surface area contributed by atoms with E-state index in [1.54, 1.807) is 6.92 Å². The molecule has 4 heterocycles. The maximum atomic E-state index is 12.5. The number of rotatable bonds is 7. The summed E-state index contributed by atoms with van der Waals surface area (Å²) in [6, 6.07) is -0.381. The minimum Gasteiger partial charge on any atom is -0.543 e. The fourth-order valence-corrected chi connectivity index (χ4v) is 6.95. The van der Waals surface area contributed by atoms with Crippen LogP contribution in [0, 0.1) is 11.8 Å². The second-order valence-electron chi connectivity index (χ2n) is 7.05. The van der Waals surface area contributed by atoms with Crippen molar-refractivity contribution in [2.45, 2.75) is 36.2 Å². The number of fused-ring (bicyclic) bond motifs is 2. The van der Waals surface area contributed by atoms with E-state index in [4.69, 9.17) is 5.11 Å². The molecule has 1 saturated heterocycles. The number of aliphatic hydroxyl groups is 2. The van der Waals surface area contributed by atoms with Crippen LogP contribution in [0.3, 0.4) is 0 Å². The van der Waals surface area contributed by atoms with E-state index >= 15 is 0 Å². The first kappa shape index (κ1) is 24.1. The van der Waals surface area contributed by atoms with Crippen molar-refractivity contribution in [3.8, 4) is 0 Å². The summed E-state index contributed by atoms with van der Waals surface area (Å²) in [4.78, 5) is 31.9. The molecule has 2 aliphatic rings. The van der Waals surface area contributed by atoms with Crippen LogP contribution in [0.15, 0.2) is 22.1 Å². The van der Waals surface area contributed by atoms with Crippen molar-refractivity contribution in [1.29, 1.82) is 0 Å². The largest absolute Gasteiger partial charge is 1.00 e. The molecule has 0 aromatic carbocycles. The van der Waals surface area contributed by atoms with Crippen LogP contribution in [0.25, 0.3) is 10.4 Å². The topological polar surface area (TPSA) is 118 Å². The fourth-order valence-electron chi connectivity index (χ4n) is 4.22. The SMILES string of the molecule is CSc1nc(SCCO)c2sc(C3=C(C(=O)[O-])N4C(=O)[C@H]([C@@H](C)O)[C@H]4[C@H]3C)cn12.[Na+]. The third kappa shape index (κ3) is 3.57. The van der Waals surface area contributed by atoms with E-state index in [2.05, 4.69) is 4.98 Å². The average Bonchev–Trinajstić information content (AvgIpc) is 3.28. The number of hydrogen-bond donors (Lipinski definition) is 2. The van der Waals surface area contributed by atoms with E-state index < -0.39 is 18.0 Å². The molecule has 0 spiro atoms. The maximum Gasteiger partial charge on any atom is 1.00 e. The predicted molar refractivity (Wildman–Crippen MR) is 110 cm³/mol. The van der Waals surface area contributed by atoms with Gasteiger partial charge in [0.1, 0.15) is 9.86 Å². The summed E-state index contributed by atoms with van der Waals surface area (Å²) in [5.41, 5.74) is 0.461. The van der Waals surface area contributed by atoms with Gasteiger partial charge in [0.05, 0.1) is 41.2 Å². The number of carboxylic acid groups (broad SMARTS) is 1. The number of thiazole rings is 1. The van der Waals surface area contributed by atoms with Crippen molar-refractivity contribution in [2.75, 3.05) is 18.6 Å². The number of aromatic nitrogens is 2. The number of imidazole rings is 1. The summed E-state index contributed by atoms with van der Waals surface area (Å²) >= 11 is 4.33. The summed E-state index contributed by atoms with van der Waals surface area (Å²) in [5.74, 6) is -2.11. The quantitative estimate of drug-likeness (QED) is 0.256. The number of carbonyl (C=O) groups excluding carboxylic acids is 2.